The van der Waals surface area contributed by atoms with Crippen LogP contribution >= 0.6 is 11.6 Å². The van der Waals surface area contributed by atoms with Crippen LogP contribution in [0.5, 0.6) is 17.2 Å². The van der Waals surface area contributed by atoms with Crippen molar-refractivity contribution < 1.29 is 28.6 Å². The summed E-state index contributed by atoms with van der Waals surface area (Å²) in [6, 6.07) is 8.79. The third-order valence-corrected chi connectivity index (χ3v) is 3.31. The molecule has 0 aromatic heterocycles. The Balaban J connectivity index is 2.36. The Kier molecular flexibility index (Phi) is 6.19. The van der Waals surface area contributed by atoms with Crippen molar-refractivity contribution in [1.82, 2.24) is 0 Å². The molecule has 0 aliphatic carbocycles. The molecule has 26 heavy (non-hydrogen) atoms. The van der Waals surface area contributed by atoms with E-state index in [0.29, 0.717) is 16.5 Å². The van der Waals surface area contributed by atoms with E-state index in [2.05, 4.69) is 5.32 Å². The lowest BCUT2D eigenvalue weighted by molar-refractivity contribution is -0.132. The Hall–Kier alpha value is -3.06. The fourth-order valence-corrected chi connectivity index (χ4v) is 2.30. The number of amides is 1. The van der Waals surface area contributed by atoms with Gasteiger partial charge in [-0.25, -0.2) is 0 Å². The quantitative estimate of drug-likeness (QED) is 0.634. The maximum absolute atomic E-state index is 12.6. The Bertz CT molecular complexity index is 831. The number of esters is 2. The SMILES string of the molecule is COc1ccc(Cl)cc1NC(=O)c1cc(OC(C)=O)cc(OC(C)=O)c1. The zero-order chi connectivity index (χ0) is 19.3. The van der Waals surface area contributed by atoms with Gasteiger partial charge in [-0.2, -0.15) is 0 Å². The van der Waals surface area contributed by atoms with Crippen molar-refractivity contribution in [2.45, 2.75) is 13.8 Å². The van der Waals surface area contributed by atoms with Crippen LogP contribution in [0.25, 0.3) is 0 Å². The van der Waals surface area contributed by atoms with E-state index in [4.69, 9.17) is 25.8 Å². The molecule has 0 heterocycles. The van der Waals surface area contributed by atoms with E-state index < -0.39 is 17.8 Å². The molecule has 0 fully saturated rings. The van der Waals surface area contributed by atoms with E-state index in [1.165, 1.54) is 45.2 Å². The highest BCUT2D eigenvalue weighted by Gasteiger charge is 2.15. The number of anilines is 1. The fraction of sp³-hybridized carbons (Fsp3) is 0.167. The summed E-state index contributed by atoms with van der Waals surface area (Å²) in [7, 11) is 1.46. The van der Waals surface area contributed by atoms with Crippen molar-refractivity contribution in [3.8, 4) is 17.2 Å². The summed E-state index contributed by atoms with van der Waals surface area (Å²) in [6.45, 7) is 2.43. The molecule has 7 nitrogen and oxygen atoms in total. The Labute approximate surface area is 154 Å². The highest BCUT2D eigenvalue weighted by Crippen LogP contribution is 2.29. The minimum Gasteiger partial charge on any atom is -0.495 e. The lowest BCUT2D eigenvalue weighted by atomic mass is 10.1. The highest BCUT2D eigenvalue weighted by molar-refractivity contribution is 6.31. The maximum atomic E-state index is 12.6. The minimum absolute atomic E-state index is 0.0689. The van der Waals surface area contributed by atoms with Crippen LogP contribution in [-0.2, 0) is 9.59 Å². The number of methoxy groups -OCH3 is 1. The Morgan fingerprint density at radius 2 is 1.50 bits per heavy atom. The van der Waals surface area contributed by atoms with Crippen molar-refractivity contribution >= 4 is 35.1 Å². The Morgan fingerprint density at radius 3 is 2.00 bits per heavy atom. The first kappa shape index (κ1) is 19.3. The van der Waals surface area contributed by atoms with Crippen LogP contribution in [0.15, 0.2) is 36.4 Å². The summed E-state index contributed by atoms with van der Waals surface area (Å²) in [4.78, 5) is 34.9. The van der Waals surface area contributed by atoms with E-state index in [1.54, 1.807) is 12.1 Å². The van der Waals surface area contributed by atoms with Gasteiger partial charge in [0.2, 0.25) is 0 Å². The number of nitrogens with one attached hydrogen (secondary N) is 1. The van der Waals surface area contributed by atoms with Crippen molar-refractivity contribution in [1.29, 1.82) is 0 Å². The zero-order valence-corrected chi connectivity index (χ0v) is 15.0. The summed E-state index contributed by atoms with van der Waals surface area (Å²) in [6.07, 6.45) is 0. The number of hydrogen-bond donors (Lipinski definition) is 1. The van der Waals surface area contributed by atoms with Gasteiger partial charge in [-0.1, -0.05) is 11.6 Å². The molecule has 0 radical (unpaired) electrons. The smallest absolute Gasteiger partial charge is 0.308 e. The third-order valence-electron chi connectivity index (χ3n) is 3.08. The number of carbonyl (C=O) groups is 3. The predicted molar refractivity (Wildman–Crippen MR) is 95.0 cm³/mol. The second kappa shape index (κ2) is 8.35. The lowest BCUT2D eigenvalue weighted by Crippen LogP contribution is -2.14. The van der Waals surface area contributed by atoms with Gasteiger partial charge in [0.05, 0.1) is 12.8 Å². The molecule has 8 heteroatoms. The van der Waals surface area contributed by atoms with Gasteiger partial charge >= 0.3 is 11.9 Å². The molecule has 0 unspecified atom stereocenters. The van der Waals surface area contributed by atoms with Crippen LogP contribution in [0.2, 0.25) is 5.02 Å². The molecule has 0 aliphatic heterocycles. The normalized spacial score (nSPS) is 10.0. The largest absolute Gasteiger partial charge is 0.495 e. The molecule has 0 saturated carbocycles. The van der Waals surface area contributed by atoms with Gasteiger partial charge in [0.25, 0.3) is 5.91 Å². The average Bonchev–Trinajstić information content (AvgIpc) is 2.53. The van der Waals surface area contributed by atoms with Crippen LogP contribution in [-0.4, -0.2) is 25.0 Å². The van der Waals surface area contributed by atoms with Gasteiger partial charge < -0.3 is 19.5 Å². The highest BCUT2D eigenvalue weighted by atomic mass is 35.5. The number of ether oxygens (including phenoxy) is 3. The van der Waals surface area contributed by atoms with Gasteiger partial charge in [-0.15, -0.1) is 0 Å². The minimum atomic E-state index is -0.576. The molecule has 0 spiro atoms. The van der Waals surface area contributed by atoms with Crippen molar-refractivity contribution in [3.63, 3.8) is 0 Å². The number of rotatable bonds is 5. The molecule has 136 valence electrons. The second-order valence-corrected chi connectivity index (χ2v) is 5.62. The molecular weight excluding hydrogens is 362 g/mol. The van der Waals surface area contributed by atoms with E-state index in [1.807, 2.05) is 0 Å². The molecule has 2 rings (SSSR count). The summed E-state index contributed by atoms with van der Waals surface area (Å²) < 4.78 is 15.1. The van der Waals surface area contributed by atoms with Crippen LogP contribution in [0.4, 0.5) is 5.69 Å². The number of carbonyl (C=O) groups excluding carboxylic acids is 3. The van der Waals surface area contributed by atoms with Gasteiger partial charge in [0.15, 0.2) is 0 Å². The summed E-state index contributed by atoms with van der Waals surface area (Å²) in [5.74, 6) is -1.13. The van der Waals surface area contributed by atoms with Crippen LogP contribution in [0.3, 0.4) is 0 Å². The van der Waals surface area contributed by atoms with E-state index in [0.717, 1.165) is 0 Å². The molecular formula is C18H16ClNO6. The van der Waals surface area contributed by atoms with E-state index in [9.17, 15) is 14.4 Å². The van der Waals surface area contributed by atoms with Crippen molar-refractivity contribution in [3.05, 3.63) is 47.0 Å². The first-order valence-corrected chi connectivity index (χ1v) is 7.83. The van der Waals surface area contributed by atoms with Crippen LogP contribution in [0.1, 0.15) is 24.2 Å². The van der Waals surface area contributed by atoms with Crippen molar-refractivity contribution in [2.75, 3.05) is 12.4 Å². The number of hydrogen-bond acceptors (Lipinski definition) is 6. The van der Waals surface area contributed by atoms with E-state index >= 15 is 0 Å². The van der Waals surface area contributed by atoms with E-state index in [-0.39, 0.29) is 17.1 Å². The molecule has 0 aliphatic rings. The molecule has 0 saturated heterocycles. The molecule has 0 atom stereocenters. The van der Waals surface area contributed by atoms with Crippen LogP contribution < -0.4 is 19.5 Å². The molecule has 0 bridgehead atoms. The summed E-state index contributed by atoms with van der Waals surface area (Å²) >= 11 is 5.95. The molecule has 1 N–H and O–H groups in total. The second-order valence-electron chi connectivity index (χ2n) is 5.18. The number of halogens is 1. The summed E-state index contributed by atoms with van der Waals surface area (Å²) in [5.41, 5.74) is 0.471. The lowest BCUT2D eigenvalue weighted by Gasteiger charge is -2.12. The fourth-order valence-electron chi connectivity index (χ4n) is 2.12. The molecule has 2 aromatic rings. The average molecular weight is 378 g/mol. The monoisotopic (exact) mass is 377 g/mol. The third kappa shape index (κ3) is 5.22. The predicted octanol–water partition coefficient (Wildman–Crippen LogP) is 3.45. The standard InChI is InChI=1S/C18H16ClNO6/c1-10(21)25-14-6-12(7-15(9-14)26-11(2)22)18(23)20-16-8-13(19)4-5-17(16)24-3/h4-9H,1-3H3,(H,20,23). The van der Waals surface area contributed by atoms with Gasteiger partial charge in [-0.3, -0.25) is 14.4 Å². The maximum Gasteiger partial charge on any atom is 0.308 e. The first-order chi connectivity index (χ1) is 12.3. The molecule has 2 aromatic carbocycles. The summed E-state index contributed by atoms with van der Waals surface area (Å²) in [5, 5.41) is 3.06. The van der Waals surface area contributed by atoms with Gasteiger partial charge in [-0.05, 0) is 30.3 Å². The van der Waals surface area contributed by atoms with Gasteiger partial charge in [0.1, 0.15) is 17.2 Å². The van der Waals surface area contributed by atoms with Gasteiger partial charge in [0, 0.05) is 30.5 Å². The van der Waals surface area contributed by atoms with Crippen molar-refractivity contribution in [2.24, 2.45) is 0 Å². The zero-order valence-electron chi connectivity index (χ0n) is 14.3. The topological polar surface area (TPSA) is 90.9 Å². The number of benzene rings is 2. The van der Waals surface area contributed by atoms with Crippen LogP contribution in [0, 0.1) is 0 Å². The first-order valence-electron chi connectivity index (χ1n) is 7.45. The Morgan fingerprint density at radius 1 is 0.923 bits per heavy atom. The molecule has 1 amide bonds.